The fourth-order valence-electron chi connectivity index (χ4n) is 2.26. The van der Waals surface area contributed by atoms with Crippen molar-refractivity contribution in [2.24, 2.45) is 0 Å². The lowest BCUT2D eigenvalue weighted by Gasteiger charge is -2.08. The zero-order valence-corrected chi connectivity index (χ0v) is 10.9. The predicted octanol–water partition coefficient (Wildman–Crippen LogP) is 4.44. The van der Waals surface area contributed by atoms with Gasteiger partial charge in [0.15, 0.2) is 0 Å². The summed E-state index contributed by atoms with van der Waals surface area (Å²) in [6, 6.07) is 15.8. The first kappa shape index (κ1) is 11.6. The average molecular weight is 262 g/mol. The first-order valence-corrected chi connectivity index (χ1v) is 6.31. The summed E-state index contributed by atoms with van der Waals surface area (Å²) in [5.74, 6) is 0. The largest absolute Gasteiger partial charge is 0.367 e. The van der Waals surface area contributed by atoms with Crippen LogP contribution in [0.15, 0.2) is 54.9 Å². The van der Waals surface area contributed by atoms with E-state index in [9.17, 15) is 5.26 Å². The van der Waals surface area contributed by atoms with Crippen LogP contribution in [0.1, 0.15) is 5.56 Å². The molecule has 1 aromatic heterocycles. The highest BCUT2D eigenvalue weighted by atomic mass is 32.1. The molecule has 0 aliphatic rings. The third-order valence-corrected chi connectivity index (χ3v) is 3.51. The minimum absolute atomic E-state index is 0.685. The Balaban J connectivity index is 2.42. The Morgan fingerprint density at radius 2 is 1.74 bits per heavy atom. The minimum atomic E-state index is 0.685. The van der Waals surface area contributed by atoms with Crippen LogP contribution in [0.3, 0.4) is 0 Å². The minimum Gasteiger partial charge on any atom is -0.367 e. The van der Waals surface area contributed by atoms with Crippen LogP contribution in [-0.4, -0.2) is 4.98 Å². The van der Waals surface area contributed by atoms with E-state index in [1.165, 1.54) is 0 Å². The Labute approximate surface area is 116 Å². The smallest absolute Gasteiger partial charge is 0.0998 e. The summed E-state index contributed by atoms with van der Waals surface area (Å²) in [5, 5.41) is 11.2. The number of benzene rings is 2. The number of fused-ring (bicyclic) bond motifs is 1. The number of aromatic nitrogens is 1. The van der Waals surface area contributed by atoms with E-state index in [0.29, 0.717) is 5.56 Å². The molecule has 3 aromatic rings. The summed E-state index contributed by atoms with van der Waals surface area (Å²) in [4.78, 5) is 3.06. The van der Waals surface area contributed by atoms with E-state index in [0.717, 1.165) is 26.4 Å². The van der Waals surface area contributed by atoms with E-state index in [4.69, 9.17) is 12.2 Å². The van der Waals surface area contributed by atoms with E-state index < -0.39 is 0 Å². The van der Waals surface area contributed by atoms with Gasteiger partial charge < -0.3 is 4.98 Å². The molecule has 0 amide bonds. The first-order chi connectivity index (χ1) is 9.31. The van der Waals surface area contributed by atoms with Crippen molar-refractivity contribution in [3.8, 4) is 17.2 Å². The van der Waals surface area contributed by atoms with E-state index in [1.807, 2.05) is 54.9 Å². The van der Waals surface area contributed by atoms with Crippen LogP contribution in [0.5, 0.6) is 0 Å². The molecule has 0 radical (unpaired) electrons. The third-order valence-electron chi connectivity index (χ3n) is 3.16. The van der Waals surface area contributed by atoms with Gasteiger partial charge in [-0.3, -0.25) is 0 Å². The van der Waals surface area contributed by atoms with Gasteiger partial charge in [0.2, 0.25) is 0 Å². The van der Waals surface area contributed by atoms with E-state index in [2.05, 4.69) is 11.1 Å². The Morgan fingerprint density at radius 3 is 2.47 bits per heavy atom. The molecule has 0 fully saturated rings. The molecule has 1 heterocycles. The molecule has 0 aliphatic carbocycles. The van der Waals surface area contributed by atoms with E-state index >= 15 is 0 Å². The lowest BCUT2D eigenvalue weighted by atomic mass is 9.96. The van der Waals surface area contributed by atoms with Crippen LogP contribution >= 0.6 is 12.2 Å². The third kappa shape index (κ3) is 1.92. The molecule has 0 saturated heterocycles. The number of aromatic amines is 1. The van der Waals surface area contributed by atoms with E-state index in [1.54, 1.807) is 0 Å². The maximum atomic E-state index is 9.17. The van der Waals surface area contributed by atoms with Crippen LogP contribution < -0.4 is 0 Å². The number of H-pyrrole nitrogens is 1. The molecule has 2 nitrogen and oxygen atoms in total. The Bertz CT molecular complexity index is 856. The molecule has 0 saturated carbocycles. The molecular weight excluding hydrogens is 252 g/mol. The number of hydrogen-bond acceptors (Lipinski definition) is 2. The van der Waals surface area contributed by atoms with Crippen LogP contribution in [0.2, 0.25) is 0 Å². The van der Waals surface area contributed by atoms with Gasteiger partial charge in [-0.15, -0.1) is 0 Å². The highest BCUT2D eigenvalue weighted by Gasteiger charge is 2.08. The number of hydrogen-bond donors (Lipinski definition) is 1. The fourth-order valence-corrected chi connectivity index (χ4v) is 2.49. The standard InChI is InChI=1S/C16H10N2S/c17-9-11-5-6-14(13-4-2-1-3-12(11)13)15-10-18-8-7-16(15)19/h1-8,10H,(H,18,19). The van der Waals surface area contributed by atoms with Gasteiger partial charge in [0.1, 0.15) is 0 Å². The highest BCUT2D eigenvalue weighted by molar-refractivity contribution is 7.71. The van der Waals surface area contributed by atoms with Gasteiger partial charge in [-0.05, 0) is 23.1 Å². The summed E-state index contributed by atoms with van der Waals surface area (Å²) in [6.07, 6.45) is 3.72. The summed E-state index contributed by atoms with van der Waals surface area (Å²) in [6.45, 7) is 0. The number of rotatable bonds is 1. The second-order valence-electron chi connectivity index (χ2n) is 4.24. The second-order valence-corrected chi connectivity index (χ2v) is 4.68. The molecule has 0 spiro atoms. The fraction of sp³-hybridized carbons (Fsp3) is 0. The molecule has 3 rings (SSSR count). The molecule has 3 heteroatoms. The lowest BCUT2D eigenvalue weighted by Crippen LogP contribution is -1.86. The topological polar surface area (TPSA) is 39.6 Å². The Morgan fingerprint density at radius 1 is 0.947 bits per heavy atom. The molecule has 19 heavy (non-hydrogen) atoms. The van der Waals surface area contributed by atoms with Gasteiger partial charge in [0, 0.05) is 27.9 Å². The molecule has 0 aliphatic heterocycles. The van der Waals surface area contributed by atoms with Crippen LogP contribution in [0.4, 0.5) is 0 Å². The average Bonchev–Trinajstić information content (AvgIpc) is 2.47. The molecular formula is C16H10N2S. The monoisotopic (exact) mass is 262 g/mol. The normalized spacial score (nSPS) is 10.3. The maximum Gasteiger partial charge on any atom is 0.0998 e. The molecule has 0 unspecified atom stereocenters. The zero-order valence-electron chi connectivity index (χ0n) is 10.1. The van der Waals surface area contributed by atoms with Crippen molar-refractivity contribution in [3.63, 3.8) is 0 Å². The number of nitriles is 1. The van der Waals surface area contributed by atoms with Gasteiger partial charge in [0.05, 0.1) is 11.6 Å². The molecule has 2 aromatic carbocycles. The SMILES string of the molecule is N#Cc1ccc(-c2c[nH]ccc2=S)c2ccccc12. The van der Waals surface area contributed by atoms with Crippen molar-refractivity contribution in [2.45, 2.75) is 0 Å². The Kier molecular flexibility index (Phi) is 2.86. The summed E-state index contributed by atoms with van der Waals surface area (Å²) in [7, 11) is 0. The van der Waals surface area contributed by atoms with Crippen LogP contribution in [-0.2, 0) is 0 Å². The van der Waals surface area contributed by atoms with Gasteiger partial charge >= 0.3 is 0 Å². The zero-order chi connectivity index (χ0) is 13.2. The molecule has 90 valence electrons. The number of pyridine rings is 1. The van der Waals surface area contributed by atoms with Gasteiger partial charge in [0.25, 0.3) is 0 Å². The van der Waals surface area contributed by atoms with E-state index in [-0.39, 0.29) is 0 Å². The summed E-state index contributed by atoms with van der Waals surface area (Å²) in [5.41, 5.74) is 2.72. The number of nitrogens with one attached hydrogen (secondary N) is 1. The van der Waals surface area contributed by atoms with Gasteiger partial charge in [-0.2, -0.15) is 5.26 Å². The van der Waals surface area contributed by atoms with Gasteiger partial charge in [-0.1, -0.05) is 42.5 Å². The summed E-state index contributed by atoms with van der Waals surface area (Å²) >= 11 is 5.37. The summed E-state index contributed by atoms with van der Waals surface area (Å²) < 4.78 is 0.800. The maximum absolute atomic E-state index is 9.17. The van der Waals surface area contributed by atoms with Crippen molar-refractivity contribution in [1.82, 2.24) is 4.98 Å². The van der Waals surface area contributed by atoms with Crippen molar-refractivity contribution in [2.75, 3.05) is 0 Å². The van der Waals surface area contributed by atoms with Crippen LogP contribution in [0.25, 0.3) is 21.9 Å². The highest BCUT2D eigenvalue weighted by Crippen LogP contribution is 2.30. The molecule has 1 N–H and O–H groups in total. The predicted molar refractivity (Wildman–Crippen MR) is 79.3 cm³/mol. The number of nitrogens with zero attached hydrogens (tertiary/aromatic N) is 1. The lowest BCUT2D eigenvalue weighted by molar-refractivity contribution is 1.32. The Hall–Kier alpha value is -2.44. The second kappa shape index (κ2) is 4.68. The van der Waals surface area contributed by atoms with Crippen molar-refractivity contribution in [1.29, 1.82) is 5.26 Å². The molecule has 0 bridgehead atoms. The van der Waals surface area contributed by atoms with Crippen molar-refractivity contribution < 1.29 is 0 Å². The van der Waals surface area contributed by atoms with Crippen LogP contribution in [0, 0.1) is 15.8 Å². The molecule has 0 atom stereocenters. The van der Waals surface area contributed by atoms with Gasteiger partial charge in [-0.25, -0.2) is 0 Å². The quantitative estimate of drug-likeness (QED) is 0.659. The van der Waals surface area contributed by atoms with Crippen molar-refractivity contribution in [3.05, 3.63) is 64.9 Å². The van der Waals surface area contributed by atoms with Crippen molar-refractivity contribution >= 4 is 23.0 Å². The first-order valence-electron chi connectivity index (χ1n) is 5.90.